The summed E-state index contributed by atoms with van der Waals surface area (Å²) in [7, 11) is 0. The van der Waals surface area contributed by atoms with Crippen molar-refractivity contribution in [1.29, 1.82) is 0 Å². The fourth-order valence-electron chi connectivity index (χ4n) is 3.07. The molecular formula is C19H26N4O2. The second-order valence-electron chi connectivity index (χ2n) is 6.67. The molecule has 0 aliphatic carbocycles. The molecule has 2 heterocycles. The second-order valence-corrected chi connectivity index (χ2v) is 6.67. The van der Waals surface area contributed by atoms with Gasteiger partial charge in [-0.25, -0.2) is 4.79 Å². The third-order valence-corrected chi connectivity index (χ3v) is 4.74. The molecule has 1 saturated heterocycles. The Morgan fingerprint density at radius 1 is 1.36 bits per heavy atom. The summed E-state index contributed by atoms with van der Waals surface area (Å²) in [6.07, 6.45) is 5.91. The Labute approximate surface area is 148 Å². The predicted molar refractivity (Wildman–Crippen MR) is 97.7 cm³/mol. The molecule has 134 valence electrons. The molecule has 3 atom stereocenters. The number of benzene rings is 1. The lowest BCUT2D eigenvalue weighted by atomic mass is 9.95. The smallest absolute Gasteiger partial charge is 0.319 e. The van der Waals surface area contributed by atoms with E-state index >= 15 is 0 Å². The van der Waals surface area contributed by atoms with Crippen molar-refractivity contribution in [3.63, 3.8) is 0 Å². The van der Waals surface area contributed by atoms with Gasteiger partial charge in [0.25, 0.3) is 0 Å². The first-order chi connectivity index (χ1) is 12.1. The Balaban J connectivity index is 1.49. The SMILES string of the molecule is C[C@H](NC(=O)Nc1cnn(C[C@H]2CCCO2)c1)[C@H](C)c1ccccc1. The van der Waals surface area contributed by atoms with E-state index in [9.17, 15) is 4.79 Å². The van der Waals surface area contributed by atoms with Crippen LogP contribution in [0.5, 0.6) is 0 Å². The Hall–Kier alpha value is -2.34. The van der Waals surface area contributed by atoms with Crippen molar-refractivity contribution in [3.05, 3.63) is 48.3 Å². The van der Waals surface area contributed by atoms with Gasteiger partial charge in [-0.15, -0.1) is 0 Å². The van der Waals surface area contributed by atoms with E-state index in [1.807, 2.05) is 36.0 Å². The van der Waals surface area contributed by atoms with E-state index in [4.69, 9.17) is 4.74 Å². The number of nitrogens with one attached hydrogen (secondary N) is 2. The van der Waals surface area contributed by atoms with Gasteiger partial charge >= 0.3 is 6.03 Å². The number of amides is 2. The topological polar surface area (TPSA) is 68.2 Å². The molecule has 6 heteroatoms. The van der Waals surface area contributed by atoms with Crippen LogP contribution in [0.25, 0.3) is 0 Å². The number of anilines is 1. The molecule has 0 bridgehead atoms. The highest BCUT2D eigenvalue weighted by molar-refractivity contribution is 5.89. The number of hydrogen-bond acceptors (Lipinski definition) is 3. The van der Waals surface area contributed by atoms with Gasteiger partial charge in [0.05, 0.1) is 24.5 Å². The highest BCUT2D eigenvalue weighted by atomic mass is 16.5. The molecular weight excluding hydrogens is 316 g/mol. The Morgan fingerprint density at radius 2 is 2.16 bits per heavy atom. The second kappa shape index (κ2) is 8.16. The van der Waals surface area contributed by atoms with Crippen molar-refractivity contribution >= 4 is 11.7 Å². The van der Waals surface area contributed by atoms with Gasteiger partial charge in [-0.2, -0.15) is 5.10 Å². The van der Waals surface area contributed by atoms with Crippen LogP contribution in [0.2, 0.25) is 0 Å². The lowest BCUT2D eigenvalue weighted by Gasteiger charge is -2.21. The van der Waals surface area contributed by atoms with Crippen molar-refractivity contribution in [1.82, 2.24) is 15.1 Å². The molecule has 1 aromatic heterocycles. The lowest BCUT2D eigenvalue weighted by molar-refractivity contribution is 0.0940. The van der Waals surface area contributed by atoms with Gasteiger partial charge in [0, 0.05) is 24.8 Å². The van der Waals surface area contributed by atoms with Crippen LogP contribution in [0.15, 0.2) is 42.7 Å². The molecule has 25 heavy (non-hydrogen) atoms. The Bertz CT molecular complexity index is 680. The largest absolute Gasteiger partial charge is 0.376 e. The molecule has 0 unspecified atom stereocenters. The monoisotopic (exact) mass is 342 g/mol. The summed E-state index contributed by atoms with van der Waals surface area (Å²) in [6, 6.07) is 9.99. The first-order valence-corrected chi connectivity index (χ1v) is 8.88. The molecule has 0 spiro atoms. The zero-order valence-corrected chi connectivity index (χ0v) is 14.8. The van der Waals surface area contributed by atoms with Gasteiger partial charge in [-0.05, 0) is 25.3 Å². The van der Waals surface area contributed by atoms with Crippen molar-refractivity contribution in [3.8, 4) is 0 Å². The van der Waals surface area contributed by atoms with Gasteiger partial charge in [0.1, 0.15) is 0 Å². The summed E-state index contributed by atoms with van der Waals surface area (Å²) >= 11 is 0. The van der Waals surface area contributed by atoms with Crippen molar-refractivity contribution in [2.75, 3.05) is 11.9 Å². The van der Waals surface area contributed by atoms with Gasteiger partial charge in [-0.1, -0.05) is 37.3 Å². The number of ether oxygens (including phenoxy) is 1. The molecule has 6 nitrogen and oxygen atoms in total. The van der Waals surface area contributed by atoms with Crippen molar-refractivity contribution in [2.45, 2.75) is 51.3 Å². The normalized spacial score (nSPS) is 19.4. The maximum absolute atomic E-state index is 12.2. The number of hydrogen-bond donors (Lipinski definition) is 2. The van der Waals surface area contributed by atoms with E-state index in [0.29, 0.717) is 5.69 Å². The quantitative estimate of drug-likeness (QED) is 0.846. The number of aromatic nitrogens is 2. The van der Waals surface area contributed by atoms with E-state index in [2.05, 4.69) is 34.8 Å². The van der Waals surface area contributed by atoms with Crippen molar-refractivity contribution in [2.24, 2.45) is 0 Å². The minimum Gasteiger partial charge on any atom is -0.376 e. The van der Waals surface area contributed by atoms with Gasteiger partial charge in [-0.3, -0.25) is 4.68 Å². The number of carbonyl (C=O) groups is 1. The van der Waals surface area contributed by atoms with Crippen LogP contribution < -0.4 is 10.6 Å². The first kappa shape index (κ1) is 17.5. The zero-order chi connectivity index (χ0) is 17.6. The van der Waals surface area contributed by atoms with Crippen LogP contribution in [0.1, 0.15) is 38.2 Å². The summed E-state index contributed by atoms with van der Waals surface area (Å²) in [5.41, 5.74) is 1.90. The zero-order valence-electron chi connectivity index (χ0n) is 14.8. The van der Waals surface area contributed by atoms with Crippen molar-refractivity contribution < 1.29 is 9.53 Å². The molecule has 1 aliphatic heterocycles. The summed E-state index contributed by atoms with van der Waals surface area (Å²) < 4.78 is 7.43. The Morgan fingerprint density at radius 3 is 2.88 bits per heavy atom. The Kier molecular flexibility index (Phi) is 5.71. The van der Waals surface area contributed by atoms with Gasteiger partial charge in [0.2, 0.25) is 0 Å². The van der Waals surface area contributed by atoms with E-state index < -0.39 is 0 Å². The number of nitrogens with zero attached hydrogens (tertiary/aromatic N) is 2. The van der Waals surface area contributed by atoms with Crippen LogP contribution >= 0.6 is 0 Å². The van der Waals surface area contributed by atoms with Crippen LogP contribution in [-0.2, 0) is 11.3 Å². The molecule has 0 radical (unpaired) electrons. The van der Waals surface area contributed by atoms with Crippen LogP contribution in [0.3, 0.4) is 0 Å². The van der Waals surface area contributed by atoms with E-state index in [1.54, 1.807) is 6.20 Å². The van der Waals surface area contributed by atoms with Crippen LogP contribution in [0.4, 0.5) is 10.5 Å². The molecule has 1 aromatic carbocycles. The number of carbonyl (C=O) groups excluding carboxylic acids is 1. The van der Waals surface area contributed by atoms with Gasteiger partial charge < -0.3 is 15.4 Å². The molecule has 2 amide bonds. The maximum atomic E-state index is 12.2. The third kappa shape index (κ3) is 4.82. The fraction of sp³-hybridized carbons (Fsp3) is 0.474. The molecule has 2 aromatic rings. The van der Waals surface area contributed by atoms with Crippen LogP contribution in [0, 0.1) is 0 Å². The molecule has 2 N–H and O–H groups in total. The minimum absolute atomic E-state index is 0.0179. The van der Waals surface area contributed by atoms with E-state index in [-0.39, 0.29) is 24.1 Å². The molecule has 0 saturated carbocycles. The highest BCUT2D eigenvalue weighted by Gasteiger charge is 2.18. The van der Waals surface area contributed by atoms with Crippen LogP contribution in [-0.4, -0.2) is 34.6 Å². The molecule has 3 rings (SSSR count). The average Bonchev–Trinajstić information content (AvgIpc) is 3.27. The maximum Gasteiger partial charge on any atom is 0.319 e. The molecule has 1 fully saturated rings. The lowest BCUT2D eigenvalue weighted by Crippen LogP contribution is -2.38. The standard InChI is InChI=1S/C19H26N4O2/c1-14(16-7-4-3-5-8-16)15(2)21-19(24)22-17-11-20-23(12-17)13-18-9-6-10-25-18/h3-5,7-8,11-12,14-15,18H,6,9-10,13H2,1-2H3,(H2,21,22,24)/t14-,15-,18+/m0/s1. The van der Waals surface area contributed by atoms with E-state index in [0.717, 1.165) is 26.0 Å². The summed E-state index contributed by atoms with van der Waals surface area (Å²) in [5.74, 6) is 0.231. The number of urea groups is 1. The summed E-state index contributed by atoms with van der Waals surface area (Å²) in [5, 5.41) is 10.1. The average molecular weight is 342 g/mol. The third-order valence-electron chi connectivity index (χ3n) is 4.74. The van der Waals surface area contributed by atoms with Gasteiger partial charge in [0.15, 0.2) is 0 Å². The minimum atomic E-state index is -0.216. The number of rotatable bonds is 6. The van der Waals surface area contributed by atoms with E-state index in [1.165, 1.54) is 5.56 Å². The fourth-order valence-corrected chi connectivity index (χ4v) is 3.07. The summed E-state index contributed by atoms with van der Waals surface area (Å²) in [6.45, 7) is 5.68. The first-order valence-electron chi connectivity index (χ1n) is 8.88. The molecule has 1 aliphatic rings. The highest BCUT2D eigenvalue weighted by Crippen LogP contribution is 2.19. The predicted octanol–water partition coefficient (Wildman–Crippen LogP) is 3.38. The summed E-state index contributed by atoms with van der Waals surface area (Å²) in [4.78, 5) is 12.2.